The van der Waals surface area contributed by atoms with E-state index < -0.39 is 4.92 Å². The lowest BCUT2D eigenvalue weighted by atomic mass is 10.1. The Morgan fingerprint density at radius 2 is 1.71 bits per heavy atom. The van der Waals surface area contributed by atoms with Gasteiger partial charge in [-0.15, -0.1) is 0 Å². The molecule has 4 rings (SSSR count). The van der Waals surface area contributed by atoms with Crippen molar-refractivity contribution in [2.24, 2.45) is 0 Å². The van der Waals surface area contributed by atoms with Gasteiger partial charge >= 0.3 is 5.69 Å². The number of aromatic nitrogens is 4. The summed E-state index contributed by atoms with van der Waals surface area (Å²) < 4.78 is 3.19. The molecule has 0 saturated heterocycles. The largest absolute Gasteiger partial charge is 0.319 e. The SMILES string of the molecule is O=C(Nc1cnn(Cc2cccc(Cl)c2)c1)c1ccc(Cn2cc([N+](=O)[O-])cn2)cc1. The summed E-state index contributed by atoms with van der Waals surface area (Å²) in [5.41, 5.74) is 2.88. The molecule has 0 atom stereocenters. The van der Waals surface area contributed by atoms with Crippen molar-refractivity contribution in [3.8, 4) is 0 Å². The van der Waals surface area contributed by atoms with Crippen LogP contribution in [0.2, 0.25) is 5.02 Å². The number of hydrogen-bond donors (Lipinski definition) is 1. The zero-order chi connectivity index (χ0) is 21.8. The number of nitro groups is 1. The third-order valence-corrected chi connectivity index (χ3v) is 4.75. The fraction of sp³-hybridized carbons (Fsp3) is 0.0952. The lowest BCUT2D eigenvalue weighted by Gasteiger charge is -2.05. The summed E-state index contributed by atoms with van der Waals surface area (Å²) in [6.07, 6.45) is 5.90. The van der Waals surface area contributed by atoms with E-state index in [4.69, 9.17) is 11.6 Å². The van der Waals surface area contributed by atoms with Crippen molar-refractivity contribution in [3.63, 3.8) is 0 Å². The minimum Gasteiger partial charge on any atom is -0.319 e. The molecule has 4 aromatic rings. The van der Waals surface area contributed by atoms with Crippen LogP contribution in [0.5, 0.6) is 0 Å². The molecule has 1 N–H and O–H groups in total. The number of amides is 1. The predicted molar refractivity (Wildman–Crippen MR) is 115 cm³/mol. The zero-order valence-electron chi connectivity index (χ0n) is 16.2. The summed E-state index contributed by atoms with van der Waals surface area (Å²) in [4.78, 5) is 22.8. The standard InChI is InChI=1S/C21H17ClN6O3/c22-18-3-1-2-16(8-18)12-26-13-19(9-23-26)25-21(29)17-6-4-15(5-7-17)11-27-14-20(10-24-27)28(30)31/h1-10,13-14H,11-12H2,(H,25,29). The van der Waals surface area contributed by atoms with E-state index in [2.05, 4.69) is 15.5 Å². The number of nitrogens with one attached hydrogen (secondary N) is 1. The van der Waals surface area contributed by atoms with E-state index in [1.165, 1.54) is 17.1 Å². The van der Waals surface area contributed by atoms with Gasteiger partial charge in [0.25, 0.3) is 5.91 Å². The Morgan fingerprint density at radius 3 is 2.42 bits per heavy atom. The van der Waals surface area contributed by atoms with Crippen molar-refractivity contribution in [1.82, 2.24) is 19.6 Å². The second-order valence-corrected chi connectivity index (χ2v) is 7.30. The third-order valence-electron chi connectivity index (χ3n) is 4.52. The number of benzene rings is 2. The average molecular weight is 437 g/mol. The molecule has 2 heterocycles. The van der Waals surface area contributed by atoms with Gasteiger partial charge in [0.15, 0.2) is 0 Å². The molecular weight excluding hydrogens is 420 g/mol. The van der Waals surface area contributed by atoms with Gasteiger partial charge in [0.1, 0.15) is 12.4 Å². The lowest BCUT2D eigenvalue weighted by molar-refractivity contribution is -0.385. The maximum Gasteiger partial charge on any atom is 0.307 e. The minimum absolute atomic E-state index is 0.0630. The number of hydrogen-bond acceptors (Lipinski definition) is 5. The molecule has 2 aromatic carbocycles. The van der Waals surface area contributed by atoms with E-state index in [1.54, 1.807) is 41.3 Å². The molecule has 0 aliphatic heterocycles. The maximum absolute atomic E-state index is 12.5. The van der Waals surface area contributed by atoms with Crippen LogP contribution in [-0.4, -0.2) is 30.4 Å². The van der Waals surface area contributed by atoms with E-state index in [9.17, 15) is 14.9 Å². The summed E-state index contributed by atoms with van der Waals surface area (Å²) in [7, 11) is 0. The first-order valence-electron chi connectivity index (χ1n) is 9.30. The van der Waals surface area contributed by atoms with Gasteiger partial charge in [-0.1, -0.05) is 35.9 Å². The lowest BCUT2D eigenvalue weighted by Crippen LogP contribution is -2.11. The van der Waals surface area contributed by atoms with E-state index in [1.807, 2.05) is 24.3 Å². The molecule has 156 valence electrons. The summed E-state index contributed by atoms with van der Waals surface area (Å²) in [5, 5.41) is 22.4. The molecule has 0 fully saturated rings. The normalized spacial score (nSPS) is 10.7. The van der Waals surface area contributed by atoms with Crippen LogP contribution in [0.4, 0.5) is 11.4 Å². The van der Waals surface area contributed by atoms with Crippen LogP contribution >= 0.6 is 11.6 Å². The second kappa shape index (κ2) is 8.80. The Hall–Kier alpha value is -3.98. The zero-order valence-corrected chi connectivity index (χ0v) is 16.9. The molecule has 0 bridgehead atoms. The van der Waals surface area contributed by atoms with Crippen LogP contribution in [0.3, 0.4) is 0 Å². The number of anilines is 1. The number of rotatable bonds is 7. The van der Waals surface area contributed by atoms with E-state index in [0.717, 1.165) is 11.1 Å². The highest BCUT2D eigenvalue weighted by Crippen LogP contribution is 2.15. The Bertz CT molecular complexity index is 1230. The molecule has 1 amide bonds. The van der Waals surface area contributed by atoms with Gasteiger partial charge in [-0.2, -0.15) is 10.2 Å². The minimum atomic E-state index is -0.492. The predicted octanol–water partition coefficient (Wildman–Crippen LogP) is 3.99. The molecule has 0 aliphatic rings. The molecule has 9 nitrogen and oxygen atoms in total. The Labute approximate surface area is 182 Å². The summed E-state index contributed by atoms with van der Waals surface area (Å²) in [6, 6.07) is 14.5. The molecule has 0 unspecified atom stereocenters. The summed E-state index contributed by atoms with van der Waals surface area (Å²) in [5.74, 6) is -0.261. The highest BCUT2D eigenvalue weighted by molar-refractivity contribution is 6.30. The number of nitrogens with zero attached hydrogens (tertiary/aromatic N) is 5. The summed E-state index contributed by atoms with van der Waals surface area (Å²) >= 11 is 6.00. The monoisotopic (exact) mass is 436 g/mol. The van der Waals surface area contributed by atoms with Gasteiger partial charge in [0, 0.05) is 16.8 Å². The van der Waals surface area contributed by atoms with Gasteiger partial charge in [-0.05, 0) is 35.4 Å². The van der Waals surface area contributed by atoms with Crippen molar-refractivity contribution in [1.29, 1.82) is 0 Å². The number of carbonyl (C=O) groups excluding carboxylic acids is 1. The van der Waals surface area contributed by atoms with E-state index in [-0.39, 0.29) is 11.6 Å². The fourth-order valence-electron chi connectivity index (χ4n) is 3.02. The molecule has 2 aromatic heterocycles. The van der Waals surface area contributed by atoms with E-state index in [0.29, 0.717) is 29.4 Å². The third kappa shape index (κ3) is 5.14. The van der Waals surface area contributed by atoms with Crippen LogP contribution < -0.4 is 5.32 Å². The Kier molecular flexibility index (Phi) is 5.76. The van der Waals surface area contributed by atoms with E-state index >= 15 is 0 Å². The first-order chi connectivity index (χ1) is 15.0. The van der Waals surface area contributed by atoms with Gasteiger partial charge in [-0.25, -0.2) is 0 Å². The second-order valence-electron chi connectivity index (χ2n) is 6.86. The quantitative estimate of drug-likeness (QED) is 0.348. The molecule has 0 aliphatic carbocycles. The van der Waals surface area contributed by atoms with Crippen molar-refractivity contribution in [2.75, 3.05) is 5.32 Å². The Morgan fingerprint density at radius 1 is 1.00 bits per heavy atom. The molecule has 31 heavy (non-hydrogen) atoms. The van der Waals surface area contributed by atoms with Crippen molar-refractivity contribution in [3.05, 3.63) is 105 Å². The van der Waals surface area contributed by atoms with Crippen LogP contribution in [0.1, 0.15) is 21.5 Å². The van der Waals surface area contributed by atoms with Crippen LogP contribution in [-0.2, 0) is 13.1 Å². The maximum atomic E-state index is 12.5. The Balaban J connectivity index is 1.36. The molecular formula is C21H17ClN6O3. The van der Waals surface area contributed by atoms with Gasteiger partial charge < -0.3 is 5.32 Å². The first kappa shape index (κ1) is 20.3. The van der Waals surface area contributed by atoms with Crippen molar-refractivity contribution >= 4 is 28.9 Å². The van der Waals surface area contributed by atoms with Gasteiger partial charge in [-0.3, -0.25) is 24.3 Å². The van der Waals surface area contributed by atoms with Crippen LogP contribution in [0.15, 0.2) is 73.3 Å². The average Bonchev–Trinajstić information content (AvgIpc) is 3.38. The smallest absolute Gasteiger partial charge is 0.307 e. The number of carbonyl (C=O) groups is 1. The van der Waals surface area contributed by atoms with Crippen LogP contribution in [0, 0.1) is 10.1 Å². The van der Waals surface area contributed by atoms with Crippen LogP contribution in [0.25, 0.3) is 0 Å². The van der Waals surface area contributed by atoms with Gasteiger partial charge in [0.2, 0.25) is 0 Å². The first-order valence-corrected chi connectivity index (χ1v) is 9.68. The molecule has 0 spiro atoms. The molecule has 0 radical (unpaired) electrons. The van der Waals surface area contributed by atoms with Crippen molar-refractivity contribution in [2.45, 2.75) is 13.1 Å². The molecule has 0 saturated carbocycles. The topological polar surface area (TPSA) is 108 Å². The van der Waals surface area contributed by atoms with Gasteiger partial charge in [0.05, 0.1) is 29.9 Å². The highest BCUT2D eigenvalue weighted by atomic mass is 35.5. The van der Waals surface area contributed by atoms with Crippen molar-refractivity contribution < 1.29 is 9.72 Å². The fourth-order valence-corrected chi connectivity index (χ4v) is 3.24. The molecule has 10 heteroatoms. The number of halogens is 1. The summed E-state index contributed by atoms with van der Waals surface area (Å²) in [6.45, 7) is 0.905. The highest BCUT2D eigenvalue weighted by Gasteiger charge is 2.11.